The van der Waals surface area contributed by atoms with Gasteiger partial charge in [-0.05, 0) is 63.0 Å². The summed E-state index contributed by atoms with van der Waals surface area (Å²) in [6, 6.07) is 12.0. The molecule has 2 aromatic carbocycles. The van der Waals surface area contributed by atoms with Gasteiger partial charge in [-0.1, -0.05) is 24.4 Å². The van der Waals surface area contributed by atoms with Crippen LogP contribution in [0.5, 0.6) is 5.75 Å². The average Bonchev–Trinajstić information content (AvgIpc) is 2.67. The summed E-state index contributed by atoms with van der Waals surface area (Å²) in [5.41, 5.74) is 3.87. The Bertz CT molecular complexity index is 805. The largest absolute Gasteiger partial charge is 0.494 e. The summed E-state index contributed by atoms with van der Waals surface area (Å²) in [4.78, 5) is 5.41. The van der Waals surface area contributed by atoms with Crippen molar-refractivity contribution in [3.05, 3.63) is 56.5 Å². The Labute approximate surface area is 157 Å². The molecule has 0 aliphatic carbocycles. The number of hydrogen-bond acceptors (Lipinski definition) is 3. The third-order valence-electron chi connectivity index (χ3n) is 3.39. The molecule has 0 spiro atoms. The SMILES string of the molecule is CCOc1cccc(C2=NCC(=S)Nc3cc(Br)c(Br)cc32)c1. The molecule has 3 nitrogen and oxygen atoms in total. The molecule has 0 amide bonds. The van der Waals surface area contributed by atoms with Crippen molar-refractivity contribution in [2.75, 3.05) is 18.5 Å². The van der Waals surface area contributed by atoms with E-state index in [-0.39, 0.29) is 0 Å². The van der Waals surface area contributed by atoms with E-state index in [0.29, 0.717) is 18.1 Å². The molecule has 6 heteroatoms. The van der Waals surface area contributed by atoms with E-state index in [9.17, 15) is 0 Å². The lowest BCUT2D eigenvalue weighted by Gasteiger charge is -2.13. The summed E-state index contributed by atoms with van der Waals surface area (Å²) in [6.07, 6.45) is 0. The van der Waals surface area contributed by atoms with Gasteiger partial charge in [0.15, 0.2) is 0 Å². The van der Waals surface area contributed by atoms with Crippen molar-refractivity contribution in [2.24, 2.45) is 4.99 Å². The van der Waals surface area contributed by atoms with Gasteiger partial charge in [0.2, 0.25) is 0 Å². The Morgan fingerprint density at radius 3 is 2.78 bits per heavy atom. The second-order valence-corrected chi connectivity index (χ2v) is 7.19. The van der Waals surface area contributed by atoms with Crippen LogP contribution in [0.3, 0.4) is 0 Å². The number of nitrogens with zero attached hydrogens (tertiary/aromatic N) is 1. The maximum absolute atomic E-state index is 5.61. The van der Waals surface area contributed by atoms with Gasteiger partial charge in [-0.15, -0.1) is 0 Å². The smallest absolute Gasteiger partial charge is 0.119 e. The second kappa shape index (κ2) is 7.11. The molecule has 0 saturated heterocycles. The summed E-state index contributed by atoms with van der Waals surface area (Å²) >= 11 is 12.5. The number of ether oxygens (including phenoxy) is 1. The maximum Gasteiger partial charge on any atom is 0.119 e. The number of thiocarbonyl (C=S) groups is 1. The normalized spacial score (nSPS) is 13.7. The predicted octanol–water partition coefficient (Wildman–Crippen LogP) is 5.20. The highest BCUT2D eigenvalue weighted by Crippen LogP contribution is 2.33. The van der Waals surface area contributed by atoms with Gasteiger partial charge < -0.3 is 10.1 Å². The highest BCUT2D eigenvalue weighted by molar-refractivity contribution is 9.13. The van der Waals surface area contributed by atoms with Gasteiger partial charge >= 0.3 is 0 Å². The van der Waals surface area contributed by atoms with Crippen molar-refractivity contribution < 1.29 is 4.74 Å². The van der Waals surface area contributed by atoms with Crippen LogP contribution in [0.4, 0.5) is 5.69 Å². The van der Waals surface area contributed by atoms with Crippen molar-refractivity contribution in [1.29, 1.82) is 0 Å². The molecule has 0 fully saturated rings. The minimum Gasteiger partial charge on any atom is -0.494 e. The third kappa shape index (κ3) is 3.65. The van der Waals surface area contributed by atoms with Crippen molar-refractivity contribution in [3.8, 4) is 5.75 Å². The van der Waals surface area contributed by atoms with Gasteiger partial charge in [-0.2, -0.15) is 0 Å². The highest BCUT2D eigenvalue weighted by atomic mass is 79.9. The number of hydrogen-bond donors (Lipinski definition) is 1. The fraction of sp³-hybridized carbons (Fsp3) is 0.176. The fourth-order valence-electron chi connectivity index (χ4n) is 2.42. The van der Waals surface area contributed by atoms with E-state index >= 15 is 0 Å². The van der Waals surface area contributed by atoms with Crippen LogP contribution >= 0.6 is 44.1 Å². The number of benzodiazepines with no additional fused rings is 1. The lowest BCUT2D eigenvalue weighted by Crippen LogP contribution is -2.11. The van der Waals surface area contributed by atoms with Crippen LogP contribution in [0.25, 0.3) is 0 Å². The van der Waals surface area contributed by atoms with Crippen LogP contribution in [0.1, 0.15) is 18.1 Å². The summed E-state index contributed by atoms with van der Waals surface area (Å²) < 4.78 is 7.55. The first kappa shape index (κ1) is 16.6. The molecule has 23 heavy (non-hydrogen) atoms. The number of anilines is 1. The van der Waals surface area contributed by atoms with E-state index in [1.165, 1.54) is 0 Å². The molecule has 0 unspecified atom stereocenters. The lowest BCUT2D eigenvalue weighted by molar-refractivity contribution is 0.340. The Hall–Kier alpha value is -1.24. The number of aliphatic imine (C=N–C) groups is 1. The quantitative estimate of drug-likeness (QED) is 0.648. The summed E-state index contributed by atoms with van der Waals surface area (Å²) in [7, 11) is 0. The lowest BCUT2D eigenvalue weighted by atomic mass is 10.0. The number of rotatable bonds is 3. The summed E-state index contributed by atoms with van der Waals surface area (Å²) in [5, 5.41) is 3.26. The van der Waals surface area contributed by atoms with Crippen LogP contribution in [0.15, 0.2) is 50.3 Å². The molecule has 3 rings (SSSR count). The van der Waals surface area contributed by atoms with Crippen molar-refractivity contribution in [2.45, 2.75) is 6.92 Å². The van der Waals surface area contributed by atoms with E-state index in [1.54, 1.807) is 0 Å². The summed E-state index contributed by atoms with van der Waals surface area (Å²) in [5.74, 6) is 0.838. The maximum atomic E-state index is 5.61. The van der Waals surface area contributed by atoms with Gasteiger partial charge in [0.05, 0.1) is 18.9 Å². The van der Waals surface area contributed by atoms with Crippen molar-refractivity contribution in [1.82, 2.24) is 0 Å². The zero-order valence-corrected chi connectivity index (χ0v) is 16.4. The van der Waals surface area contributed by atoms with E-state index in [2.05, 4.69) is 37.2 Å². The Morgan fingerprint density at radius 2 is 2.00 bits per heavy atom. The predicted molar refractivity (Wildman–Crippen MR) is 106 cm³/mol. The average molecular weight is 454 g/mol. The van der Waals surface area contributed by atoms with E-state index in [0.717, 1.165) is 37.2 Å². The molecule has 1 heterocycles. The van der Waals surface area contributed by atoms with Crippen LogP contribution in [0.2, 0.25) is 0 Å². The van der Waals surface area contributed by atoms with E-state index in [4.69, 9.17) is 21.9 Å². The molecule has 0 atom stereocenters. The van der Waals surface area contributed by atoms with Crippen molar-refractivity contribution in [3.63, 3.8) is 0 Å². The summed E-state index contributed by atoms with van der Waals surface area (Å²) in [6.45, 7) is 3.08. The molecule has 1 N–H and O–H groups in total. The minimum absolute atomic E-state index is 0.466. The topological polar surface area (TPSA) is 33.6 Å². The second-order valence-electron chi connectivity index (χ2n) is 4.99. The minimum atomic E-state index is 0.466. The van der Waals surface area contributed by atoms with Gasteiger partial charge in [0.25, 0.3) is 0 Å². The van der Waals surface area contributed by atoms with Crippen LogP contribution in [0, 0.1) is 0 Å². The highest BCUT2D eigenvalue weighted by Gasteiger charge is 2.18. The molecule has 0 aromatic heterocycles. The molecule has 0 radical (unpaired) electrons. The van der Waals surface area contributed by atoms with E-state index < -0.39 is 0 Å². The molecule has 0 saturated carbocycles. The zero-order chi connectivity index (χ0) is 16.4. The molecule has 1 aliphatic heterocycles. The van der Waals surface area contributed by atoms with Gasteiger partial charge in [-0.3, -0.25) is 4.99 Å². The van der Waals surface area contributed by atoms with Crippen LogP contribution in [-0.4, -0.2) is 23.9 Å². The van der Waals surface area contributed by atoms with Gasteiger partial charge in [0.1, 0.15) is 10.7 Å². The zero-order valence-electron chi connectivity index (χ0n) is 12.4. The Kier molecular flexibility index (Phi) is 5.14. The molecule has 0 bridgehead atoms. The molecule has 2 aromatic rings. The first-order valence-corrected chi connectivity index (χ1v) is 9.15. The number of fused-ring (bicyclic) bond motifs is 1. The Balaban J connectivity index is 2.14. The first-order chi connectivity index (χ1) is 11.1. The van der Waals surface area contributed by atoms with E-state index in [1.807, 2.05) is 43.3 Å². The molecule has 118 valence electrons. The van der Waals surface area contributed by atoms with Crippen LogP contribution in [-0.2, 0) is 0 Å². The first-order valence-electron chi connectivity index (χ1n) is 7.15. The van der Waals surface area contributed by atoms with Gasteiger partial charge in [-0.25, -0.2) is 0 Å². The molecule has 1 aliphatic rings. The van der Waals surface area contributed by atoms with Gasteiger partial charge in [0, 0.05) is 25.8 Å². The fourth-order valence-corrected chi connectivity index (χ4v) is 3.28. The number of benzene rings is 2. The molecular weight excluding hydrogens is 440 g/mol. The Morgan fingerprint density at radius 1 is 1.22 bits per heavy atom. The van der Waals surface area contributed by atoms with Crippen LogP contribution < -0.4 is 10.1 Å². The van der Waals surface area contributed by atoms with Crippen molar-refractivity contribution >= 4 is 60.5 Å². The monoisotopic (exact) mass is 452 g/mol. The third-order valence-corrected chi connectivity index (χ3v) is 5.46. The number of halogens is 2. The number of nitrogens with one attached hydrogen (secondary N) is 1. The molecular formula is C17H14Br2N2OS. The standard InChI is InChI=1S/C17H14Br2N2OS/c1-2-22-11-5-3-4-10(6-11)17-12-7-13(18)14(19)8-15(12)21-16(23)9-20-17/h3-8H,2,9H2,1H3,(H,21,23).